The molecule has 180 valence electrons. The number of nitrogens with one attached hydrogen (secondary N) is 1. The summed E-state index contributed by atoms with van der Waals surface area (Å²) in [4.78, 5) is 20.8. The first-order chi connectivity index (χ1) is 16.9. The van der Waals surface area contributed by atoms with Crippen LogP contribution in [0, 0.1) is 12.7 Å². The first-order valence-corrected chi connectivity index (χ1v) is 10.8. The lowest BCUT2D eigenvalue weighted by atomic mass is 10.0. The van der Waals surface area contributed by atoms with E-state index in [0.29, 0.717) is 28.3 Å². The van der Waals surface area contributed by atoms with E-state index < -0.39 is 24.1 Å². The van der Waals surface area contributed by atoms with Crippen molar-refractivity contribution >= 4 is 6.09 Å². The fourth-order valence-corrected chi connectivity index (χ4v) is 3.43. The molecular weight excluding hydrogens is 453 g/mol. The van der Waals surface area contributed by atoms with Crippen LogP contribution in [-0.2, 0) is 4.74 Å². The van der Waals surface area contributed by atoms with Crippen LogP contribution in [0.15, 0.2) is 55.0 Å². The molecule has 2 atom stereocenters. The molecule has 1 N–H and O–H groups in total. The molecule has 11 heteroatoms. The molecule has 2 unspecified atom stereocenters. The Bertz CT molecular complexity index is 1330. The topological polar surface area (TPSA) is 117 Å². The third-order valence-corrected chi connectivity index (χ3v) is 5.35. The number of aryl methyl sites for hydroxylation is 1. The van der Waals surface area contributed by atoms with Crippen molar-refractivity contribution < 1.29 is 18.7 Å². The molecule has 10 nitrogen and oxygen atoms in total. The molecule has 2 aromatic carbocycles. The second-order valence-electron chi connectivity index (χ2n) is 7.91. The summed E-state index contributed by atoms with van der Waals surface area (Å²) in [6.07, 6.45) is 3.52. The van der Waals surface area contributed by atoms with Gasteiger partial charge in [-0.25, -0.2) is 9.18 Å². The van der Waals surface area contributed by atoms with E-state index in [2.05, 4.69) is 30.8 Å². The van der Waals surface area contributed by atoms with Gasteiger partial charge in [-0.3, -0.25) is 9.97 Å². The van der Waals surface area contributed by atoms with E-state index >= 15 is 0 Å². The molecule has 0 saturated carbocycles. The van der Waals surface area contributed by atoms with Crippen LogP contribution in [0.5, 0.6) is 5.75 Å². The molecule has 0 radical (unpaired) electrons. The molecule has 0 bridgehead atoms. The van der Waals surface area contributed by atoms with Gasteiger partial charge in [0.15, 0.2) is 5.82 Å². The number of tetrazole rings is 1. The highest BCUT2D eigenvalue weighted by Gasteiger charge is 2.19. The third-order valence-electron chi connectivity index (χ3n) is 5.35. The molecule has 0 saturated heterocycles. The zero-order valence-electron chi connectivity index (χ0n) is 19.6. The molecule has 1 amide bonds. The lowest BCUT2D eigenvalue weighted by Gasteiger charge is -2.15. The highest BCUT2D eigenvalue weighted by atomic mass is 19.1. The Morgan fingerprint density at radius 3 is 2.69 bits per heavy atom. The second-order valence-corrected chi connectivity index (χ2v) is 7.91. The van der Waals surface area contributed by atoms with Gasteiger partial charge < -0.3 is 14.8 Å². The molecule has 0 aliphatic heterocycles. The summed E-state index contributed by atoms with van der Waals surface area (Å²) >= 11 is 0. The minimum absolute atomic E-state index is 0.174. The molecule has 0 aliphatic rings. The zero-order chi connectivity index (χ0) is 24.9. The number of hydrogen-bond acceptors (Lipinski definition) is 8. The highest BCUT2D eigenvalue weighted by Crippen LogP contribution is 2.31. The summed E-state index contributed by atoms with van der Waals surface area (Å²) in [6, 6.07) is 9.34. The molecule has 0 aliphatic carbocycles. The normalized spacial score (nSPS) is 12.7. The van der Waals surface area contributed by atoms with Gasteiger partial charge in [0.2, 0.25) is 0 Å². The molecule has 2 heterocycles. The van der Waals surface area contributed by atoms with Gasteiger partial charge in [0.25, 0.3) is 0 Å². The van der Waals surface area contributed by atoms with Gasteiger partial charge in [0, 0.05) is 31.1 Å². The largest absolute Gasteiger partial charge is 0.413 e. The van der Waals surface area contributed by atoms with Gasteiger partial charge in [-0.15, -0.1) is 5.10 Å². The Labute approximate surface area is 201 Å². The van der Waals surface area contributed by atoms with Crippen molar-refractivity contribution in [3.05, 3.63) is 77.9 Å². The fourth-order valence-electron chi connectivity index (χ4n) is 3.43. The predicted octanol–water partition coefficient (Wildman–Crippen LogP) is 4.12. The summed E-state index contributed by atoms with van der Waals surface area (Å²) in [5.41, 5.74) is 2.65. The van der Waals surface area contributed by atoms with Gasteiger partial charge in [-0.2, -0.15) is 4.68 Å². The maximum atomic E-state index is 14.8. The zero-order valence-corrected chi connectivity index (χ0v) is 19.6. The second kappa shape index (κ2) is 10.3. The fraction of sp³-hybridized carbons (Fsp3) is 0.250. The highest BCUT2D eigenvalue weighted by molar-refractivity contribution is 5.74. The van der Waals surface area contributed by atoms with Crippen LogP contribution < -0.4 is 10.1 Å². The Hall–Kier alpha value is -4.25. The summed E-state index contributed by atoms with van der Waals surface area (Å²) in [5.74, 6) is 0.199. The number of methoxy groups -OCH3 is 1. The minimum Gasteiger partial charge on any atom is -0.410 e. The number of carbonyl (C=O) groups excluding carboxylic acids is 1. The van der Waals surface area contributed by atoms with Crippen LogP contribution >= 0.6 is 0 Å². The van der Waals surface area contributed by atoms with E-state index in [1.54, 1.807) is 70.6 Å². The number of aromatic nitrogens is 6. The van der Waals surface area contributed by atoms with Crippen LogP contribution in [0.4, 0.5) is 9.18 Å². The lowest BCUT2D eigenvalue weighted by Crippen LogP contribution is -2.30. The van der Waals surface area contributed by atoms with Crippen molar-refractivity contribution in [1.82, 2.24) is 35.5 Å². The summed E-state index contributed by atoms with van der Waals surface area (Å²) < 4.78 is 27.2. The van der Waals surface area contributed by atoms with Crippen LogP contribution in [-0.4, -0.2) is 43.4 Å². The Morgan fingerprint density at radius 2 is 1.97 bits per heavy atom. The van der Waals surface area contributed by atoms with Crippen LogP contribution in [0.3, 0.4) is 0 Å². The molecule has 2 aromatic heterocycles. The SMILES string of the molecule is COC(C)c1nnnn1-c1cc(OC(=O)NC(C)c2cnccn2)cc(-c2ccc(C)cc2F)c1. The number of halogens is 1. The van der Waals surface area contributed by atoms with Gasteiger partial charge >= 0.3 is 6.09 Å². The first kappa shape index (κ1) is 23.9. The average molecular weight is 478 g/mol. The quantitative estimate of drug-likeness (QED) is 0.422. The van der Waals surface area contributed by atoms with E-state index in [4.69, 9.17) is 9.47 Å². The minimum atomic E-state index is -0.710. The van der Waals surface area contributed by atoms with Crippen LogP contribution in [0.1, 0.15) is 43.1 Å². The average Bonchev–Trinajstić information content (AvgIpc) is 3.34. The van der Waals surface area contributed by atoms with Crippen molar-refractivity contribution in [1.29, 1.82) is 0 Å². The van der Waals surface area contributed by atoms with Gasteiger partial charge in [0.05, 0.1) is 23.6 Å². The molecule has 0 spiro atoms. The number of amides is 1. The molecule has 0 fully saturated rings. The number of benzene rings is 2. The van der Waals surface area contributed by atoms with Crippen molar-refractivity contribution in [3.63, 3.8) is 0 Å². The number of nitrogens with zero attached hydrogens (tertiary/aromatic N) is 6. The maximum Gasteiger partial charge on any atom is 0.413 e. The molecule has 4 rings (SSSR count). The lowest BCUT2D eigenvalue weighted by molar-refractivity contribution is 0.110. The summed E-state index contributed by atoms with van der Waals surface area (Å²) in [5, 5.41) is 14.5. The van der Waals surface area contributed by atoms with Crippen molar-refractivity contribution in [2.45, 2.75) is 32.9 Å². The molecule has 4 aromatic rings. The van der Waals surface area contributed by atoms with Crippen LogP contribution in [0.2, 0.25) is 0 Å². The van der Waals surface area contributed by atoms with Gasteiger partial charge in [-0.05, 0) is 60.5 Å². The van der Waals surface area contributed by atoms with E-state index in [9.17, 15) is 9.18 Å². The van der Waals surface area contributed by atoms with Crippen molar-refractivity contribution in [2.24, 2.45) is 0 Å². The smallest absolute Gasteiger partial charge is 0.410 e. The van der Waals surface area contributed by atoms with E-state index in [1.807, 2.05) is 0 Å². The van der Waals surface area contributed by atoms with E-state index in [-0.39, 0.29) is 5.75 Å². The monoisotopic (exact) mass is 477 g/mol. The predicted molar refractivity (Wildman–Crippen MR) is 124 cm³/mol. The van der Waals surface area contributed by atoms with Gasteiger partial charge in [0.1, 0.15) is 17.7 Å². The van der Waals surface area contributed by atoms with Crippen LogP contribution in [0.25, 0.3) is 16.8 Å². The van der Waals surface area contributed by atoms with E-state index in [1.165, 1.54) is 16.9 Å². The number of rotatable bonds is 7. The molecule has 35 heavy (non-hydrogen) atoms. The first-order valence-electron chi connectivity index (χ1n) is 10.8. The number of hydrogen-bond donors (Lipinski definition) is 1. The van der Waals surface area contributed by atoms with E-state index in [0.717, 1.165) is 5.56 Å². The Kier molecular flexibility index (Phi) is 7.06. The maximum absolute atomic E-state index is 14.8. The summed E-state index contributed by atoms with van der Waals surface area (Å²) in [7, 11) is 1.54. The number of ether oxygens (including phenoxy) is 2. The third kappa shape index (κ3) is 5.46. The Morgan fingerprint density at radius 1 is 1.14 bits per heavy atom. The van der Waals surface area contributed by atoms with Crippen molar-refractivity contribution in [2.75, 3.05) is 7.11 Å². The molecular formula is C24H24FN7O3. The Balaban J connectivity index is 1.70. The van der Waals surface area contributed by atoms with Gasteiger partial charge in [-0.1, -0.05) is 12.1 Å². The number of carbonyl (C=O) groups is 1. The summed E-state index contributed by atoms with van der Waals surface area (Å²) in [6.45, 7) is 5.36. The standard InChI is InChI=1S/C24H24FN7O3/c1-14-5-6-20(21(25)9-14)17-10-18(32-23(16(3)34-4)29-30-31-32)12-19(11-17)35-24(33)28-15(2)22-13-26-7-8-27-22/h5-13,15-16H,1-4H3,(H,28,33). The van der Waals surface area contributed by atoms with Crippen molar-refractivity contribution in [3.8, 4) is 22.6 Å².